The highest BCUT2D eigenvalue weighted by atomic mass is 19.4. The van der Waals surface area contributed by atoms with Crippen molar-refractivity contribution in [2.75, 3.05) is 18.8 Å². The Bertz CT molecular complexity index is 420. The van der Waals surface area contributed by atoms with Gasteiger partial charge in [-0.1, -0.05) is 6.92 Å². The fourth-order valence-corrected chi connectivity index (χ4v) is 1.48. The predicted octanol–water partition coefficient (Wildman–Crippen LogP) is 2.08. The minimum Gasteiger partial charge on any atom is -0.397 e. The highest BCUT2D eigenvalue weighted by Gasteiger charge is 2.33. The smallest absolute Gasteiger partial charge is 0.397 e. The summed E-state index contributed by atoms with van der Waals surface area (Å²) in [6.07, 6.45) is -2.69. The zero-order chi connectivity index (χ0) is 13.8. The van der Waals surface area contributed by atoms with Crippen molar-refractivity contribution in [1.82, 2.24) is 9.88 Å². The van der Waals surface area contributed by atoms with Crippen molar-refractivity contribution in [3.05, 3.63) is 24.0 Å². The Kier molecular flexibility index (Phi) is 4.52. The lowest BCUT2D eigenvalue weighted by atomic mass is 10.2. The Labute approximate surface area is 103 Å². The second-order valence-electron chi connectivity index (χ2n) is 3.78. The molecule has 0 aliphatic carbocycles. The minimum absolute atomic E-state index is 0.00829. The van der Waals surface area contributed by atoms with E-state index in [1.54, 1.807) is 6.92 Å². The van der Waals surface area contributed by atoms with Crippen LogP contribution in [0.25, 0.3) is 0 Å². The number of anilines is 1. The third-order valence-electron chi connectivity index (χ3n) is 2.19. The molecule has 4 nitrogen and oxygen atoms in total. The zero-order valence-electron chi connectivity index (χ0n) is 9.87. The number of nitrogens with zero attached hydrogens (tertiary/aromatic N) is 2. The average molecular weight is 261 g/mol. The third-order valence-corrected chi connectivity index (χ3v) is 2.19. The number of amides is 1. The molecule has 0 bridgehead atoms. The molecule has 1 amide bonds. The van der Waals surface area contributed by atoms with E-state index in [4.69, 9.17) is 5.73 Å². The highest BCUT2D eigenvalue weighted by molar-refractivity contribution is 5.97. The van der Waals surface area contributed by atoms with Crippen molar-refractivity contribution in [3.8, 4) is 0 Å². The molecular weight excluding hydrogens is 247 g/mol. The molecule has 0 aliphatic heterocycles. The number of hydrogen-bond donors (Lipinski definition) is 1. The fraction of sp³-hybridized carbons (Fsp3) is 0.455. The van der Waals surface area contributed by atoms with Gasteiger partial charge < -0.3 is 10.6 Å². The first-order chi connectivity index (χ1) is 8.35. The number of hydrogen-bond acceptors (Lipinski definition) is 3. The van der Waals surface area contributed by atoms with Crippen LogP contribution in [0.1, 0.15) is 23.8 Å². The summed E-state index contributed by atoms with van der Waals surface area (Å²) in [6, 6.07) is 2.94. The van der Waals surface area contributed by atoms with Gasteiger partial charge in [0.15, 0.2) is 5.69 Å². The maximum atomic E-state index is 12.4. The molecule has 18 heavy (non-hydrogen) atoms. The summed E-state index contributed by atoms with van der Waals surface area (Å²) in [5, 5.41) is 0. The molecule has 1 rings (SSSR count). The standard InChI is InChI=1S/C11H14F3N3O/c1-2-6-17(7-11(12,13)14)10(18)9-8(15)4-3-5-16-9/h3-5H,2,6-7,15H2,1H3. The second-order valence-corrected chi connectivity index (χ2v) is 3.78. The quantitative estimate of drug-likeness (QED) is 0.902. The maximum Gasteiger partial charge on any atom is 0.406 e. The molecule has 0 radical (unpaired) electrons. The van der Waals surface area contributed by atoms with Gasteiger partial charge >= 0.3 is 6.18 Å². The summed E-state index contributed by atoms with van der Waals surface area (Å²) in [6.45, 7) is 0.405. The molecule has 0 saturated carbocycles. The normalized spacial score (nSPS) is 11.3. The van der Waals surface area contributed by atoms with Crippen LogP contribution in [0.5, 0.6) is 0 Å². The van der Waals surface area contributed by atoms with E-state index in [0.29, 0.717) is 11.3 Å². The second kappa shape index (κ2) is 5.70. The molecule has 2 N–H and O–H groups in total. The lowest BCUT2D eigenvalue weighted by Gasteiger charge is -2.23. The van der Waals surface area contributed by atoms with Crippen LogP contribution in [0.2, 0.25) is 0 Å². The largest absolute Gasteiger partial charge is 0.406 e. The van der Waals surface area contributed by atoms with Crippen LogP contribution >= 0.6 is 0 Å². The first-order valence-corrected chi connectivity index (χ1v) is 5.41. The van der Waals surface area contributed by atoms with Crippen molar-refractivity contribution in [2.24, 2.45) is 0 Å². The summed E-state index contributed by atoms with van der Waals surface area (Å²) in [4.78, 5) is 16.4. The van der Waals surface area contributed by atoms with Crippen LogP contribution in [0.3, 0.4) is 0 Å². The molecule has 0 unspecified atom stereocenters. The third kappa shape index (κ3) is 3.90. The summed E-state index contributed by atoms with van der Waals surface area (Å²) in [5.74, 6) is -0.799. The molecule has 100 valence electrons. The SMILES string of the molecule is CCCN(CC(F)(F)F)C(=O)c1ncccc1N. The predicted molar refractivity (Wildman–Crippen MR) is 60.9 cm³/mol. The number of alkyl halides is 3. The van der Waals surface area contributed by atoms with Crippen LogP contribution < -0.4 is 5.73 Å². The first kappa shape index (κ1) is 14.3. The van der Waals surface area contributed by atoms with Crippen LogP contribution in [0.15, 0.2) is 18.3 Å². The Hall–Kier alpha value is -1.79. The van der Waals surface area contributed by atoms with Crippen LogP contribution in [0.4, 0.5) is 18.9 Å². The number of aromatic nitrogens is 1. The van der Waals surface area contributed by atoms with Crippen LogP contribution in [-0.4, -0.2) is 35.1 Å². The van der Waals surface area contributed by atoms with Crippen LogP contribution in [0, 0.1) is 0 Å². The van der Waals surface area contributed by atoms with E-state index < -0.39 is 18.6 Å². The molecule has 0 atom stereocenters. The van der Waals surface area contributed by atoms with Gasteiger partial charge in [-0.2, -0.15) is 13.2 Å². The van der Waals surface area contributed by atoms with E-state index >= 15 is 0 Å². The number of nitrogens with two attached hydrogens (primary N) is 1. The summed E-state index contributed by atoms with van der Waals surface area (Å²) in [5.41, 5.74) is 5.46. The van der Waals surface area contributed by atoms with E-state index in [-0.39, 0.29) is 17.9 Å². The molecule has 0 fully saturated rings. The van der Waals surface area contributed by atoms with Crippen molar-refractivity contribution in [3.63, 3.8) is 0 Å². The molecule has 1 aromatic rings. The maximum absolute atomic E-state index is 12.4. The zero-order valence-corrected chi connectivity index (χ0v) is 9.87. The molecule has 1 heterocycles. The number of rotatable bonds is 4. The van der Waals surface area contributed by atoms with Crippen LogP contribution in [-0.2, 0) is 0 Å². The van der Waals surface area contributed by atoms with Gasteiger partial charge in [0.1, 0.15) is 6.54 Å². The van der Waals surface area contributed by atoms with E-state index in [0.717, 1.165) is 0 Å². The van der Waals surface area contributed by atoms with E-state index in [1.807, 2.05) is 0 Å². The minimum atomic E-state index is -4.44. The molecule has 0 spiro atoms. The Balaban J connectivity index is 2.93. The number of carbonyl (C=O) groups excluding carboxylic acids is 1. The van der Waals surface area contributed by atoms with E-state index in [2.05, 4.69) is 4.98 Å². The van der Waals surface area contributed by atoms with Gasteiger partial charge in [-0.3, -0.25) is 4.79 Å². The van der Waals surface area contributed by atoms with Gasteiger partial charge in [0.2, 0.25) is 0 Å². The summed E-state index contributed by atoms with van der Waals surface area (Å²) >= 11 is 0. The average Bonchev–Trinajstić information content (AvgIpc) is 2.26. The fourth-order valence-electron chi connectivity index (χ4n) is 1.48. The van der Waals surface area contributed by atoms with Gasteiger partial charge in [0, 0.05) is 12.7 Å². The number of carbonyl (C=O) groups is 1. The topological polar surface area (TPSA) is 59.2 Å². The van der Waals surface area contributed by atoms with Crippen molar-refractivity contribution in [2.45, 2.75) is 19.5 Å². The molecular formula is C11H14F3N3O. The Morgan fingerprint density at radius 1 is 1.50 bits per heavy atom. The van der Waals surface area contributed by atoms with Crippen molar-refractivity contribution >= 4 is 11.6 Å². The molecule has 0 aliphatic rings. The first-order valence-electron chi connectivity index (χ1n) is 5.41. The Morgan fingerprint density at radius 2 is 2.17 bits per heavy atom. The molecule has 7 heteroatoms. The van der Waals surface area contributed by atoms with Gasteiger partial charge in [0.05, 0.1) is 5.69 Å². The molecule has 1 aromatic heterocycles. The van der Waals surface area contributed by atoms with Gasteiger partial charge in [-0.05, 0) is 18.6 Å². The van der Waals surface area contributed by atoms with Gasteiger partial charge in [-0.15, -0.1) is 0 Å². The van der Waals surface area contributed by atoms with E-state index in [9.17, 15) is 18.0 Å². The van der Waals surface area contributed by atoms with Crippen molar-refractivity contribution < 1.29 is 18.0 Å². The highest BCUT2D eigenvalue weighted by Crippen LogP contribution is 2.19. The van der Waals surface area contributed by atoms with Gasteiger partial charge in [0.25, 0.3) is 5.91 Å². The van der Waals surface area contributed by atoms with Crippen molar-refractivity contribution in [1.29, 1.82) is 0 Å². The molecule has 0 aromatic carbocycles. The van der Waals surface area contributed by atoms with Gasteiger partial charge in [-0.25, -0.2) is 4.98 Å². The Morgan fingerprint density at radius 3 is 2.67 bits per heavy atom. The number of halogens is 3. The lowest BCUT2D eigenvalue weighted by Crippen LogP contribution is -2.40. The lowest BCUT2D eigenvalue weighted by molar-refractivity contribution is -0.140. The summed E-state index contributed by atoms with van der Waals surface area (Å²) in [7, 11) is 0. The van der Waals surface area contributed by atoms with E-state index in [1.165, 1.54) is 18.3 Å². The number of pyridine rings is 1. The summed E-state index contributed by atoms with van der Waals surface area (Å²) < 4.78 is 37.1. The number of nitrogen functional groups attached to an aromatic ring is 1. The molecule has 0 saturated heterocycles. The monoisotopic (exact) mass is 261 g/mol.